The average Bonchev–Trinajstić information content (AvgIpc) is 2.61. The second-order valence-electron chi connectivity index (χ2n) is 4.90. The zero-order chi connectivity index (χ0) is 14.7. The Labute approximate surface area is 119 Å². The first-order chi connectivity index (χ1) is 9.47. The molecule has 1 N–H and O–H groups in total. The molecule has 0 atom stereocenters. The summed E-state index contributed by atoms with van der Waals surface area (Å²) in [6.45, 7) is 5.91. The molecule has 0 unspecified atom stereocenters. The van der Waals surface area contributed by atoms with Gasteiger partial charge in [0.1, 0.15) is 0 Å². The number of hydrogen-bond acceptors (Lipinski definition) is 2. The Kier molecular flexibility index (Phi) is 4.03. The SMILES string of the molecule is Cc1cccc(NC(=O)C=Cc2c(C)nn(C)c2C)c1. The van der Waals surface area contributed by atoms with Crippen molar-refractivity contribution < 1.29 is 4.79 Å². The van der Waals surface area contributed by atoms with E-state index in [9.17, 15) is 4.79 Å². The van der Waals surface area contributed by atoms with E-state index >= 15 is 0 Å². The molecule has 0 spiro atoms. The molecule has 4 heteroatoms. The van der Waals surface area contributed by atoms with Crippen molar-refractivity contribution in [3.05, 3.63) is 52.9 Å². The minimum absolute atomic E-state index is 0.141. The molecule has 0 radical (unpaired) electrons. The largest absolute Gasteiger partial charge is 0.323 e. The zero-order valence-corrected chi connectivity index (χ0v) is 12.3. The molecule has 1 aromatic heterocycles. The van der Waals surface area contributed by atoms with Crippen LogP contribution >= 0.6 is 0 Å². The lowest BCUT2D eigenvalue weighted by Crippen LogP contribution is -2.07. The molecule has 104 valence electrons. The summed E-state index contributed by atoms with van der Waals surface area (Å²) in [6, 6.07) is 7.73. The Hall–Kier alpha value is -2.36. The van der Waals surface area contributed by atoms with Crippen molar-refractivity contribution in [2.24, 2.45) is 7.05 Å². The molecule has 2 aromatic rings. The average molecular weight is 269 g/mol. The maximum Gasteiger partial charge on any atom is 0.248 e. The summed E-state index contributed by atoms with van der Waals surface area (Å²) in [5, 5.41) is 7.16. The van der Waals surface area contributed by atoms with Gasteiger partial charge in [-0.15, -0.1) is 0 Å². The summed E-state index contributed by atoms with van der Waals surface area (Å²) in [7, 11) is 1.90. The van der Waals surface area contributed by atoms with E-state index in [1.165, 1.54) is 0 Å². The summed E-state index contributed by atoms with van der Waals surface area (Å²) in [6.07, 6.45) is 3.35. The first kappa shape index (κ1) is 14.1. The van der Waals surface area contributed by atoms with Gasteiger partial charge in [-0.3, -0.25) is 9.48 Å². The lowest BCUT2D eigenvalue weighted by molar-refractivity contribution is -0.111. The highest BCUT2D eigenvalue weighted by Gasteiger charge is 2.06. The zero-order valence-electron chi connectivity index (χ0n) is 12.3. The molecule has 2 rings (SSSR count). The van der Waals surface area contributed by atoms with Gasteiger partial charge < -0.3 is 5.32 Å². The normalized spacial score (nSPS) is 11.0. The third-order valence-electron chi connectivity index (χ3n) is 3.25. The number of amides is 1. The van der Waals surface area contributed by atoms with Gasteiger partial charge in [0.15, 0.2) is 0 Å². The van der Waals surface area contributed by atoms with Crippen LogP contribution in [0.1, 0.15) is 22.5 Å². The van der Waals surface area contributed by atoms with E-state index in [-0.39, 0.29) is 5.91 Å². The Morgan fingerprint density at radius 2 is 2.05 bits per heavy atom. The van der Waals surface area contributed by atoms with Gasteiger partial charge in [0.2, 0.25) is 5.91 Å². The highest BCUT2D eigenvalue weighted by atomic mass is 16.1. The highest BCUT2D eigenvalue weighted by Crippen LogP contribution is 2.14. The molecule has 0 aliphatic heterocycles. The van der Waals surface area contributed by atoms with Crippen LogP contribution in [0.15, 0.2) is 30.3 Å². The van der Waals surface area contributed by atoms with E-state index in [2.05, 4.69) is 10.4 Å². The maximum atomic E-state index is 11.9. The fourth-order valence-corrected chi connectivity index (χ4v) is 2.10. The number of nitrogens with one attached hydrogen (secondary N) is 1. The summed E-state index contributed by atoms with van der Waals surface area (Å²) in [5.74, 6) is -0.141. The fourth-order valence-electron chi connectivity index (χ4n) is 2.10. The molecule has 1 amide bonds. The number of benzene rings is 1. The van der Waals surface area contributed by atoms with Crippen LogP contribution in [-0.2, 0) is 11.8 Å². The maximum absolute atomic E-state index is 11.9. The van der Waals surface area contributed by atoms with Gasteiger partial charge in [-0.2, -0.15) is 5.10 Å². The number of carbonyl (C=O) groups is 1. The lowest BCUT2D eigenvalue weighted by atomic mass is 10.2. The van der Waals surface area contributed by atoms with Gasteiger partial charge in [-0.25, -0.2) is 0 Å². The molecule has 0 bridgehead atoms. The number of aryl methyl sites for hydroxylation is 3. The predicted molar refractivity (Wildman–Crippen MR) is 81.5 cm³/mol. The van der Waals surface area contributed by atoms with Gasteiger partial charge in [-0.05, 0) is 44.5 Å². The van der Waals surface area contributed by atoms with Crippen molar-refractivity contribution in [1.29, 1.82) is 0 Å². The topological polar surface area (TPSA) is 46.9 Å². The molecular formula is C16H19N3O. The van der Waals surface area contributed by atoms with E-state index in [1.54, 1.807) is 6.08 Å². The Morgan fingerprint density at radius 1 is 1.30 bits per heavy atom. The molecule has 1 aromatic carbocycles. The van der Waals surface area contributed by atoms with E-state index in [1.807, 2.05) is 62.8 Å². The molecule has 0 aliphatic rings. The Balaban J connectivity index is 2.10. The quantitative estimate of drug-likeness (QED) is 0.871. The molecule has 20 heavy (non-hydrogen) atoms. The minimum Gasteiger partial charge on any atom is -0.323 e. The van der Waals surface area contributed by atoms with E-state index < -0.39 is 0 Å². The molecule has 0 aliphatic carbocycles. The van der Waals surface area contributed by atoms with Crippen LogP contribution in [0.4, 0.5) is 5.69 Å². The van der Waals surface area contributed by atoms with E-state index in [0.717, 1.165) is 28.2 Å². The van der Waals surface area contributed by atoms with Crippen molar-refractivity contribution in [3.63, 3.8) is 0 Å². The van der Waals surface area contributed by atoms with Gasteiger partial charge in [0.25, 0.3) is 0 Å². The van der Waals surface area contributed by atoms with Gasteiger partial charge in [-0.1, -0.05) is 12.1 Å². The lowest BCUT2D eigenvalue weighted by Gasteiger charge is -2.02. The van der Waals surface area contributed by atoms with Crippen molar-refractivity contribution in [2.75, 3.05) is 5.32 Å². The van der Waals surface area contributed by atoms with Gasteiger partial charge in [0.05, 0.1) is 5.69 Å². The predicted octanol–water partition coefficient (Wildman–Crippen LogP) is 3.00. The van der Waals surface area contributed by atoms with Gasteiger partial charge in [0, 0.05) is 30.1 Å². The van der Waals surface area contributed by atoms with Crippen LogP contribution in [0, 0.1) is 20.8 Å². The van der Waals surface area contributed by atoms with E-state index in [0.29, 0.717) is 0 Å². The smallest absolute Gasteiger partial charge is 0.248 e. The van der Waals surface area contributed by atoms with Crippen molar-refractivity contribution in [1.82, 2.24) is 9.78 Å². The van der Waals surface area contributed by atoms with Crippen LogP contribution in [0.5, 0.6) is 0 Å². The van der Waals surface area contributed by atoms with Crippen LogP contribution in [0.2, 0.25) is 0 Å². The first-order valence-corrected chi connectivity index (χ1v) is 6.53. The van der Waals surface area contributed by atoms with Crippen LogP contribution in [0.3, 0.4) is 0 Å². The van der Waals surface area contributed by atoms with E-state index in [4.69, 9.17) is 0 Å². The number of anilines is 1. The first-order valence-electron chi connectivity index (χ1n) is 6.53. The number of rotatable bonds is 3. The summed E-state index contributed by atoms with van der Waals surface area (Å²) in [4.78, 5) is 11.9. The van der Waals surface area contributed by atoms with Crippen molar-refractivity contribution in [2.45, 2.75) is 20.8 Å². The Morgan fingerprint density at radius 3 is 2.65 bits per heavy atom. The number of carbonyl (C=O) groups excluding carboxylic acids is 1. The number of aromatic nitrogens is 2. The summed E-state index contributed by atoms with van der Waals surface area (Å²) < 4.78 is 1.81. The minimum atomic E-state index is -0.141. The molecule has 0 fully saturated rings. The molecule has 0 saturated carbocycles. The van der Waals surface area contributed by atoms with Crippen LogP contribution in [-0.4, -0.2) is 15.7 Å². The third-order valence-corrected chi connectivity index (χ3v) is 3.25. The molecule has 0 saturated heterocycles. The van der Waals surface area contributed by atoms with Crippen LogP contribution in [0.25, 0.3) is 6.08 Å². The van der Waals surface area contributed by atoms with Crippen molar-refractivity contribution in [3.8, 4) is 0 Å². The summed E-state index contributed by atoms with van der Waals surface area (Å²) in [5.41, 5.74) is 4.88. The Bertz CT molecular complexity index is 668. The second-order valence-corrected chi connectivity index (χ2v) is 4.90. The molecule has 4 nitrogen and oxygen atoms in total. The summed E-state index contributed by atoms with van der Waals surface area (Å²) >= 11 is 0. The molecular weight excluding hydrogens is 250 g/mol. The fraction of sp³-hybridized carbons (Fsp3) is 0.250. The monoisotopic (exact) mass is 269 g/mol. The van der Waals surface area contributed by atoms with Crippen LogP contribution < -0.4 is 5.32 Å². The highest BCUT2D eigenvalue weighted by molar-refractivity contribution is 6.02. The second kappa shape index (κ2) is 5.74. The standard InChI is InChI=1S/C16H19N3O/c1-11-6-5-7-14(10-11)17-16(20)9-8-15-12(2)18-19(4)13(15)3/h5-10H,1-4H3,(H,17,20). The number of hydrogen-bond donors (Lipinski definition) is 1. The third kappa shape index (κ3) is 3.15. The number of nitrogens with zero attached hydrogens (tertiary/aromatic N) is 2. The van der Waals surface area contributed by atoms with Gasteiger partial charge >= 0.3 is 0 Å². The van der Waals surface area contributed by atoms with Crippen molar-refractivity contribution >= 4 is 17.7 Å². The molecule has 1 heterocycles.